The van der Waals surface area contributed by atoms with Gasteiger partial charge in [-0.25, -0.2) is 9.59 Å². The molecule has 8 heteroatoms. The van der Waals surface area contributed by atoms with Gasteiger partial charge in [-0.3, -0.25) is 4.55 Å². The predicted octanol–water partition coefficient (Wildman–Crippen LogP) is 11.0. The van der Waals surface area contributed by atoms with Crippen LogP contribution in [0.1, 0.15) is 176 Å². The van der Waals surface area contributed by atoms with E-state index in [-0.39, 0.29) is 18.8 Å². The van der Waals surface area contributed by atoms with Crippen LogP contribution in [0.5, 0.6) is 0 Å². The molecule has 0 fully saturated rings. The Morgan fingerprint density at radius 1 is 0.587 bits per heavy atom. The second kappa shape index (κ2) is 27.6. The number of esters is 2. The van der Waals surface area contributed by atoms with E-state index in [4.69, 9.17) is 9.47 Å². The highest BCUT2D eigenvalue weighted by Gasteiger charge is 2.28. The fourth-order valence-electron chi connectivity index (χ4n) is 5.24. The number of carbonyl (C=O) groups is 2. The van der Waals surface area contributed by atoms with E-state index < -0.39 is 32.5 Å². The van der Waals surface area contributed by atoms with Crippen LogP contribution in [0.25, 0.3) is 0 Å². The van der Waals surface area contributed by atoms with Crippen molar-refractivity contribution in [1.29, 1.82) is 0 Å². The van der Waals surface area contributed by atoms with E-state index in [0.717, 1.165) is 63.9 Å². The average Bonchev–Trinajstić information content (AvgIpc) is 3.04. The van der Waals surface area contributed by atoms with Crippen LogP contribution < -0.4 is 0 Å². The number of allylic oxidation sites excluding steroid dienone is 4. The number of unbranched alkanes of at least 4 members (excludes halogenated alkanes) is 18. The first-order valence-corrected chi connectivity index (χ1v) is 19.5. The first-order valence-electron chi connectivity index (χ1n) is 18.1. The lowest BCUT2D eigenvalue weighted by Gasteiger charge is -2.13. The second-order valence-electron chi connectivity index (χ2n) is 12.2. The minimum atomic E-state index is -4.76. The smallest absolute Gasteiger partial charge is 0.340 e. The Bertz CT molecular complexity index is 1110. The molecule has 46 heavy (non-hydrogen) atoms. The molecule has 0 atom stereocenters. The van der Waals surface area contributed by atoms with Gasteiger partial charge < -0.3 is 9.47 Å². The van der Waals surface area contributed by atoms with Gasteiger partial charge in [0.1, 0.15) is 4.90 Å². The van der Waals surface area contributed by atoms with Gasteiger partial charge in [0.15, 0.2) is 0 Å². The minimum Gasteiger partial charge on any atom is -0.462 e. The average molecular weight is 663 g/mol. The van der Waals surface area contributed by atoms with E-state index in [1.165, 1.54) is 82.8 Å². The fraction of sp³-hybridized carbons (Fsp3) is 0.684. The molecule has 0 aromatic heterocycles. The van der Waals surface area contributed by atoms with E-state index in [0.29, 0.717) is 12.8 Å². The van der Waals surface area contributed by atoms with Gasteiger partial charge >= 0.3 is 11.9 Å². The van der Waals surface area contributed by atoms with Gasteiger partial charge in [-0.1, -0.05) is 121 Å². The standard InChI is InChI=1S/C38H62O7S/c1-3-5-7-9-11-13-15-17-19-21-23-25-27-32-44-37(39)34-30-29-31-35(46(41,42)43)36(34)38(40)45-33-28-26-24-22-20-18-16-14-12-10-8-6-4-2/h11-14,29-31H,3-10,15-28,32-33H2,1-2H3,(H,41,42,43)/b13-11+,14-12+. The highest BCUT2D eigenvalue weighted by atomic mass is 32.2. The van der Waals surface area contributed by atoms with Crippen molar-refractivity contribution in [3.8, 4) is 0 Å². The topological polar surface area (TPSA) is 107 Å². The molecule has 0 heterocycles. The maximum absolute atomic E-state index is 12.9. The highest BCUT2D eigenvalue weighted by molar-refractivity contribution is 7.86. The lowest BCUT2D eigenvalue weighted by molar-refractivity contribution is 0.0446. The predicted molar refractivity (Wildman–Crippen MR) is 188 cm³/mol. The zero-order valence-electron chi connectivity index (χ0n) is 28.8. The molecule has 262 valence electrons. The molecule has 0 aliphatic carbocycles. The summed E-state index contributed by atoms with van der Waals surface area (Å²) in [5, 5.41) is 0. The van der Waals surface area contributed by atoms with E-state index in [9.17, 15) is 22.6 Å². The van der Waals surface area contributed by atoms with Crippen molar-refractivity contribution in [3.05, 3.63) is 53.6 Å². The van der Waals surface area contributed by atoms with E-state index in [1.807, 2.05) is 0 Å². The number of benzene rings is 1. The van der Waals surface area contributed by atoms with Crippen LogP contribution in [0.2, 0.25) is 0 Å². The molecule has 1 aromatic rings. The Morgan fingerprint density at radius 2 is 0.978 bits per heavy atom. The van der Waals surface area contributed by atoms with Crippen molar-refractivity contribution >= 4 is 22.1 Å². The number of rotatable bonds is 29. The van der Waals surface area contributed by atoms with Crippen molar-refractivity contribution in [2.75, 3.05) is 13.2 Å². The molecular formula is C38H62O7S. The van der Waals surface area contributed by atoms with Crippen LogP contribution in [0.15, 0.2) is 47.4 Å². The third-order valence-corrected chi connectivity index (χ3v) is 8.90. The van der Waals surface area contributed by atoms with Crippen molar-refractivity contribution < 1.29 is 32.0 Å². The Hall–Kier alpha value is -2.45. The Labute approximate surface area is 280 Å². The summed E-state index contributed by atoms with van der Waals surface area (Å²) < 4.78 is 44.5. The van der Waals surface area contributed by atoms with E-state index >= 15 is 0 Å². The van der Waals surface area contributed by atoms with Crippen molar-refractivity contribution in [2.45, 2.75) is 160 Å². The van der Waals surface area contributed by atoms with Crippen LogP contribution in [-0.2, 0) is 19.6 Å². The third kappa shape index (κ3) is 20.6. The van der Waals surface area contributed by atoms with Gasteiger partial charge in [0.2, 0.25) is 0 Å². The molecule has 0 saturated heterocycles. The largest absolute Gasteiger partial charge is 0.462 e. The Kier molecular flexibility index (Phi) is 25.0. The fourth-order valence-corrected chi connectivity index (χ4v) is 5.95. The number of ether oxygens (including phenoxy) is 2. The zero-order chi connectivity index (χ0) is 33.7. The lowest BCUT2D eigenvalue weighted by Crippen LogP contribution is -2.19. The number of hydrogen-bond acceptors (Lipinski definition) is 6. The highest BCUT2D eigenvalue weighted by Crippen LogP contribution is 2.23. The summed E-state index contributed by atoms with van der Waals surface area (Å²) in [4.78, 5) is 25.1. The summed E-state index contributed by atoms with van der Waals surface area (Å²) in [5.41, 5.74) is -0.695. The van der Waals surface area contributed by atoms with Gasteiger partial charge in [0, 0.05) is 0 Å². The van der Waals surface area contributed by atoms with Crippen LogP contribution >= 0.6 is 0 Å². The summed E-state index contributed by atoms with van der Waals surface area (Å²) in [6.45, 7) is 4.70. The summed E-state index contributed by atoms with van der Waals surface area (Å²) in [5.74, 6) is -1.76. The molecule has 1 N–H and O–H groups in total. The molecule has 1 aromatic carbocycles. The van der Waals surface area contributed by atoms with Gasteiger partial charge in [-0.2, -0.15) is 8.42 Å². The molecule has 0 bridgehead atoms. The van der Waals surface area contributed by atoms with Gasteiger partial charge in [0.05, 0.1) is 24.3 Å². The lowest BCUT2D eigenvalue weighted by atomic mass is 10.1. The maximum atomic E-state index is 12.9. The van der Waals surface area contributed by atoms with Crippen molar-refractivity contribution in [1.82, 2.24) is 0 Å². The number of hydrogen-bond donors (Lipinski definition) is 1. The van der Waals surface area contributed by atoms with Crippen molar-refractivity contribution in [2.24, 2.45) is 0 Å². The summed E-state index contributed by atoms with van der Waals surface area (Å²) >= 11 is 0. The van der Waals surface area contributed by atoms with Crippen LogP contribution in [0, 0.1) is 0 Å². The van der Waals surface area contributed by atoms with Crippen molar-refractivity contribution in [3.63, 3.8) is 0 Å². The first kappa shape index (κ1) is 41.6. The summed E-state index contributed by atoms with van der Waals surface area (Å²) in [6, 6.07) is 3.72. The van der Waals surface area contributed by atoms with E-state index in [1.54, 1.807) is 0 Å². The quantitative estimate of drug-likeness (QED) is 0.0393. The first-order chi connectivity index (χ1) is 22.3. The molecule has 0 unspecified atom stereocenters. The molecule has 0 saturated carbocycles. The van der Waals surface area contributed by atoms with Crippen LogP contribution in [0.4, 0.5) is 0 Å². The molecule has 0 aliphatic rings. The zero-order valence-corrected chi connectivity index (χ0v) is 29.6. The van der Waals surface area contributed by atoms with Gasteiger partial charge in [0.25, 0.3) is 10.1 Å². The molecule has 7 nitrogen and oxygen atoms in total. The molecular weight excluding hydrogens is 600 g/mol. The van der Waals surface area contributed by atoms with Crippen LogP contribution in [-0.4, -0.2) is 38.1 Å². The van der Waals surface area contributed by atoms with E-state index in [2.05, 4.69) is 38.2 Å². The normalized spacial score (nSPS) is 11.9. The van der Waals surface area contributed by atoms with Gasteiger partial charge in [-0.15, -0.1) is 0 Å². The molecule has 0 aliphatic heterocycles. The summed E-state index contributed by atoms with van der Waals surface area (Å²) in [7, 11) is -4.76. The van der Waals surface area contributed by atoms with Gasteiger partial charge in [-0.05, 0) is 76.3 Å². The minimum absolute atomic E-state index is 0.100. The molecule has 0 spiro atoms. The number of carbonyl (C=O) groups excluding carboxylic acids is 2. The summed E-state index contributed by atoms with van der Waals surface area (Å²) in [6.07, 6.45) is 33.4. The molecule has 0 amide bonds. The Morgan fingerprint density at radius 3 is 1.41 bits per heavy atom. The molecule has 1 rings (SSSR count). The molecule has 0 radical (unpaired) electrons. The SMILES string of the molecule is CCCCC/C=C/CCCCCCCCOC(=O)c1cccc(S(=O)(=O)O)c1C(=O)OCCCCCCCC/C=C/CCCCC. The monoisotopic (exact) mass is 662 g/mol. The second-order valence-corrected chi connectivity index (χ2v) is 13.6. The van der Waals surface area contributed by atoms with Crippen LogP contribution in [0.3, 0.4) is 0 Å². The third-order valence-electron chi connectivity index (χ3n) is 8.01. The maximum Gasteiger partial charge on any atom is 0.340 e. The Balaban J connectivity index is 2.38.